The van der Waals surface area contributed by atoms with Gasteiger partial charge >= 0.3 is 5.97 Å². The number of aliphatic carboxylic acids is 1. The molecule has 1 aromatic rings. The van der Waals surface area contributed by atoms with Crippen molar-refractivity contribution in [2.24, 2.45) is 0 Å². The van der Waals surface area contributed by atoms with Crippen LogP contribution in [0.25, 0.3) is 0 Å². The van der Waals surface area contributed by atoms with E-state index in [2.05, 4.69) is 0 Å². The summed E-state index contributed by atoms with van der Waals surface area (Å²) >= 11 is 1.43. The molecule has 20 heavy (non-hydrogen) atoms. The van der Waals surface area contributed by atoms with Crippen molar-refractivity contribution in [2.45, 2.75) is 23.8 Å². The Kier molecular flexibility index (Phi) is 3.22. The van der Waals surface area contributed by atoms with Crippen molar-refractivity contribution >= 4 is 23.6 Å². The number of carboxylic acids is 1. The van der Waals surface area contributed by atoms with Gasteiger partial charge in [0.15, 0.2) is 5.72 Å². The summed E-state index contributed by atoms with van der Waals surface area (Å²) in [7, 11) is 0. The predicted molar refractivity (Wildman–Crippen MR) is 74.5 cm³/mol. The molecule has 2 heterocycles. The van der Waals surface area contributed by atoms with Gasteiger partial charge in [0.1, 0.15) is 0 Å². The highest BCUT2D eigenvalue weighted by molar-refractivity contribution is 8.00. The van der Waals surface area contributed by atoms with Gasteiger partial charge in [0.2, 0.25) is 0 Å². The average molecular weight is 293 g/mol. The summed E-state index contributed by atoms with van der Waals surface area (Å²) in [6, 6.07) is 6.92. The van der Waals surface area contributed by atoms with E-state index in [1.807, 2.05) is 0 Å². The number of rotatable bonds is 2. The molecular weight excluding hydrogens is 278 g/mol. The molecule has 2 atom stereocenters. The summed E-state index contributed by atoms with van der Waals surface area (Å²) in [4.78, 5) is 24.9. The van der Waals surface area contributed by atoms with E-state index in [4.69, 9.17) is 5.11 Å². The maximum absolute atomic E-state index is 12.4. The molecule has 2 N–H and O–H groups in total. The van der Waals surface area contributed by atoms with E-state index in [9.17, 15) is 14.7 Å². The third-order valence-corrected chi connectivity index (χ3v) is 5.29. The molecule has 2 aliphatic heterocycles. The van der Waals surface area contributed by atoms with Crippen LogP contribution in [0.2, 0.25) is 0 Å². The van der Waals surface area contributed by atoms with Gasteiger partial charge in [-0.2, -0.15) is 11.8 Å². The van der Waals surface area contributed by atoms with Crippen LogP contribution < -0.4 is 0 Å². The number of fused-ring (bicyclic) bond motifs is 3. The van der Waals surface area contributed by atoms with Gasteiger partial charge in [-0.25, -0.2) is 0 Å². The molecule has 0 unspecified atom stereocenters. The topological polar surface area (TPSA) is 77.8 Å². The largest absolute Gasteiger partial charge is 0.481 e. The maximum atomic E-state index is 12.4. The lowest BCUT2D eigenvalue weighted by molar-refractivity contribution is -0.141. The Hall–Kier alpha value is -1.53. The van der Waals surface area contributed by atoms with Crippen molar-refractivity contribution < 1.29 is 19.8 Å². The van der Waals surface area contributed by atoms with E-state index in [0.717, 1.165) is 12.2 Å². The molecule has 5 nitrogen and oxygen atoms in total. The molecule has 1 fully saturated rings. The molecule has 0 aromatic heterocycles. The van der Waals surface area contributed by atoms with E-state index in [1.54, 1.807) is 24.3 Å². The summed E-state index contributed by atoms with van der Waals surface area (Å²) in [6.45, 7) is 0.452. The summed E-state index contributed by atoms with van der Waals surface area (Å²) in [6.07, 6.45) is 0.585. The van der Waals surface area contributed by atoms with E-state index >= 15 is 0 Å². The first-order chi connectivity index (χ1) is 9.55. The minimum absolute atomic E-state index is 0.167. The highest BCUT2D eigenvalue weighted by Crippen LogP contribution is 2.46. The molecule has 0 bridgehead atoms. The number of thioether (sulfide) groups is 1. The molecule has 1 saturated heterocycles. The van der Waals surface area contributed by atoms with Crippen molar-refractivity contribution in [2.75, 3.05) is 12.3 Å². The predicted octanol–water partition coefficient (Wildman–Crippen LogP) is 1.27. The lowest BCUT2D eigenvalue weighted by Crippen LogP contribution is -2.50. The van der Waals surface area contributed by atoms with Gasteiger partial charge in [-0.1, -0.05) is 18.2 Å². The minimum atomic E-state index is -1.51. The van der Waals surface area contributed by atoms with Gasteiger partial charge in [0.05, 0.1) is 11.7 Å². The molecule has 3 rings (SSSR count). The van der Waals surface area contributed by atoms with Crippen LogP contribution in [0.3, 0.4) is 0 Å². The van der Waals surface area contributed by atoms with E-state index in [0.29, 0.717) is 17.7 Å². The first kappa shape index (κ1) is 13.5. The van der Waals surface area contributed by atoms with Crippen molar-refractivity contribution in [3.8, 4) is 0 Å². The van der Waals surface area contributed by atoms with Gasteiger partial charge in [-0.15, -0.1) is 0 Å². The van der Waals surface area contributed by atoms with E-state index < -0.39 is 16.9 Å². The Labute approximate surface area is 120 Å². The number of hydrogen-bond acceptors (Lipinski definition) is 4. The van der Waals surface area contributed by atoms with Crippen molar-refractivity contribution in [3.63, 3.8) is 0 Å². The first-order valence-electron chi connectivity index (χ1n) is 6.52. The van der Waals surface area contributed by atoms with Crippen LogP contribution in [0.15, 0.2) is 24.3 Å². The zero-order valence-corrected chi connectivity index (χ0v) is 11.6. The van der Waals surface area contributed by atoms with Crippen LogP contribution in [-0.2, 0) is 10.5 Å². The lowest BCUT2D eigenvalue weighted by Gasteiger charge is -2.37. The molecule has 0 aliphatic carbocycles. The Morgan fingerprint density at radius 3 is 2.95 bits per heavy atom. The fourth-order valence-electron chi connectivity index (χ4n) is 2.98. The Bertz CT molecular complexity index is 576. The Morgan fingerprint density at radius 2 is 2.20 bits per heavy atom. The summed E-state index contributed by atoms with van der Waals surface area (Å²) in [5.74, 6) is -0.428. The van der Waals surface area contributed by atoms with Gasteiger partial charge < -0.3 is 15.1 Å². The van der Waals surface area contributed by atoms with E-state index in [1.165, 1.54) is 16.7 Å². The standard InChI is InChI=1S/C14H15NO4S/c16-12(17)8-11-14(19)10-5-2-1-4-9(10)13(18)15(14)6-3-7-20-11/h1-2,4-5,11,19H,3,6-8H2,(H,16,17)/t11-,14+/m1/s1. The second-order valence-electron chi connectivity index (χ2n) is 5.04. The summed E-state index contributed by atoms with van der Waals surface area (Å²) in [5, 5.41) is 19.7. The number of nitrogens with zero attached hydrogens (tertiary/aromatic N) is 1. The number of carbonyl (C=O) groups excluding carboxylic acids is 1. The number of amides is 1. The Morgan fingerprint density at radius 1 is 1.45 bits per heavy atom. The first-order valence-corrected chi connectivity index (χ1v) is 7.57. The zero-order chi connectivity index (χ0) is 14.3. The quantitative estimate of drug-likeness (QED) is 0.858. The number of hydrogen-bond donors (Lipinski definition) is 2. The number of carboxylic acid groups (broad SMARTS) is 1. The number of carbonyl (C=O) groups is 2. The molecule has 0 spiro atoms. The summed E-state index contributed by atoms with van der Waals surface area (Å²) < 4.78 is 0. The molecular formula is C14H15NO4S. The smallest absolute Gasteiger partial charge is 0.304 e. The van der Waals surface area contributed by atoms with Crippen LogP contribution in [0.4, 0.5) is 0 Å². The van der Waals surface area contributed by atoms with Gasteiger partial charge in [-0.05, 0) is 18.2 Å². The molecule has 0 radical (unpaired) electrons. The van der Waals surface area contributed by atoms with Crippen LogP contribution in [0, 0.1) is 0 Å². The average Bonchev–Trinajstić information content (AvgIpc) is 2.55. The monoisotopic (exact) mass is 293 g/mol. The zero-order valence-electron chi connectivity index (χ0n) is 10.8. The molecule has 6 heteroatoms. The Balaban J connectivity index is 2.12. The maximum Gasteiger partial charge on any atom is 0.304 e. The normalized spacial score (nSPS) is 28.8. The van der Waals surface area contributed by atoms with Crippen molar-refractivity contribution in [1.82, 2.24) is 4.90 Å². The molecule has 1 aromatic carbocycles. The van der Waals surface area contributed by atoms with E-state index in [-0.39, 0.29) is 12.3 Å². The van der Waals surface area contributed by atoms with Crippen LogP contribution in [0.5, 0.6) is 0 Å². The minimum Gasteiger partial charge on any atom is -0.481 e. The molecule has 1 amide bonds. The van der Waals surface area contributed by atoms with Gasteiger partial charge in [-0.3, -0.25) is 9.59 Å². The highest BCUT2D eigenvalue weighted by Gasteiger charge is 2.54. The number of aliphatic hydroxyl groups is 1. The van der Waals surface area contributed by atoms with Crippen LogP contribution >= 0.6 is 11.8 Å². The highest BCUT2D eigenvalue weighted by atomic mass is 32.2. The van der Waals surface area contributed by atoms with Crippen molar-refractivity contribution in [1.29, 1.82) is 0 Å². The summed E-state index contributed by atoms with van der Waals surface area (Å²) in [5.41, 5.74) is -0.494. The SMILES string of the molecule is O=C(O)C[C@H]1SCCCN2C(=O)c3ccccc3[C@]12O. The van der Waals surface area contributed by atoms with Crippen LogP contribution in [-0.4, -0.2) is 44.5 Å². The fraction of sp³-hybridized carbons (Fsp3) is 0.429. The number of benzene rings is 1. The molecule has 2 aliphatic rings. The second kappa shape index (κ2) is 4.79. The third kappa shape index (κ3) is 1.83. The third-order valence-electron chi connectivity index (χ3n) is 3.86. The molecule has 0 saturated carbocycles. The van der Waals surface area contributed by atoms with Crippen molar-refractivity contribution in [3.05, 3.63) is 35.4 Å². The van der Waals surface area contributed by atoms with Gasteiger partial charge in [0.25, 0.3) is 5.91 Å². The van der Waals surface area contributed by atoms with Gasteiger partial charge in [0, 0.05) is 17.7 Å². The fourth-order valence-corrected chi connectivity index (χ4v) is 4.31. The lowest BCUT2D eigenvalue weighted by atomic mass is 9.96. The second-order valence-corrected chi connectivity index (χ2v) is 6.35. The van der Waals surface area contributed by atoms with Crippen LogP contribution in [0.1, 0.15) is 28.8 Å². The molecule has 106 valence electrons.